The first-order valence-corrected chi connectivity index (χ1v) is 5.97. The minimum Gasteiger partial charge on any atom is -0.383 e. The van der Waals surface area contributed by atoms with Gasteiger partial charge < -0.3 is 5.73 Å². The predicted octanol–water partition coefficient (Wildman–Crippen LogP) is 2.28. The molecule has 2 aromatic heterocycles. The van der Waals surface area contributed by atoms with Crippen LogP contribution in [0.2, 0.25) is 0 Å². The van der Waals surface area contributed by atoms with Gasteiger partial charge in [-0.2, -0.15) is 11.3 Å². The summed E-state index contributed by atoms with van der Waals surface area (Å²) in [6.45, 7) is 0. The molecule has 0 aliphatic heterocycles. The van der Waals surface area contributed by atoms with Gasteiger partial charge in [-0.1, -0.05) is 0 Å². The summed E-state index contributed by atoms with van der Waals surface area (Å²) in [4.78, 5) is 8.93. The number of aromatic nitrogens is 2. The van der Waals surface area contributed by atoms with E-state index < -0.39 is 0 Å². The average molecular weight is 217 g/mol. The van der Waals surface area contributed by atoms with Crippen molar-refractivity contribution in [3.8, 4) is 11.4 Å². The van der Waals surface area contributed by atoms with Gasteiger partial charge in [0.25, 0.3) is 0 Å². The van der Waals surface area contributed by atoms with Crippen LogP contribution in [0, 0.1) is 0 Å². The Hall–Kier alpha value is -1.42. The summed E-state index contributed by atoms with van der Waals surface area (Å²) in [7, 11) is 0. The van der Waals surface area contributed by atoms with E-state index in [1.165, 1.54) is 0 Å². The van der Waals surface area contributed by atoms with Crippen molar-refractivity contribution in [2.75, 3.05) is 5.73 Å². The maximum atomic E-state index is 5.93. The van der Waals surface area contributed by atoms with E-state index in [2.05, 4.69) is 15.3 Å². The summed E-state index contributed by atoms with van der Waals surface area (Å²) in [5.74, 6) is 1.44. The Labute approximate surface area is 92.0 Å². The fourth-order valence-corrected chi connectivity index (χ4v) is 2.62. The highest BCUT2D eigenvalue weighted by Gasteiger charge is 2.18. The third-order valence-electron chi connectivity index (χ3n) is 2.74. The van der Waals surface area contributed by atoms with Crippen LogP contribution in [0.3, 0.4) is 0 Å². The van der Waals surface area contributed by atoms with Gasteiger partial charge in [0.05, 0.1) is 0 Å². The predicted molar refractivity (Wildman–Crippen MR) is 61.8 cm³/mol. The minimum absolute atomic E-state index is 0.665. The Bertz CT molecular complexity index is 491. The van der Waals surface area contributed by atoms with Crippen LogP contribution >= 0.6 is 11.3 Å². The van der Waals surface area contributed by atoms with Gasteiger partial charge in [0.15, 0.2) is 5.82 Å². The van der Waals surface area contributed by atoms with Crippen molar-refractivity contribution in [2.45, 2.75) is 19.3 Å². The molecular formula is C11H11N3S. The van der Waals surface area contributed by atoms with Crippen molar-refractivity contribution in [1.82, 2.24) is 9.97 Å². The maximum absolute atomic E-state index is 5.93. The summed E-state index contributed by atoms with van der Waals surface area (Å²) in [5.41, 5.74) is 9.31. The molecule has 0 saturated carbocycles. The zero-order valence-electron chi connectivity index (χ0n) is 8.23. The summed E-state index contributed by atoms with van der Waals surface area (Å²) < 4.78 is 0. The fourth-order valence-electron chi connectivity index (χ4n) is 1.98. The third kappa shape index (κ3) is 1.41. The molecule has 0 spiro atoms. The summed E-state index contributed by atoms with van der Waals surface area (Å²) in [6, 6.07) is 2.03. The van der Waals surface area contributed by atoms with Gasteiger partial charge in [-0.25, -0.2) is 9.97 Å². The second-order valence-corrected chi connectivity index (χ2v) is 4.50. The highest BCUT2D eigenvalue weighted by atomic mass is 32.1. The van der Waals surface area contributed by atoms with Gasteiger partial charge >= 0.3 is 0 Å². The first-order chi connectivity index (χ1) is 7.34. The van der Waals surface area contributed by atoms with Gasteiger partial charge in [0.1, 0.15) is 5.82 Å². The number of rotatable bonds is 1. The number of anilines is 1. The van der Waals surface area contributed by atoms with E-state index in [1.54, 1.807) is 11.3 Å². The van der Waals surface area contributed by atoms with Crippen LogP contribution < -0.4 is 5.73 Å². The number of nitrogen functional groups attached to an aromatic ring is 1. The van der Waals surface area contributed by atoms with Crippen molar-refractivity contribution < 1.29 is 0 Å². The van der Waals surface area contributed by atoms with Crippen molar-refractivity contribution in [2.24, 2.45) is 0 Å². The van der Waals surface area contributed by atoms with Gasteiger partial charge in [-0.05, 0) is 30.7 Å². The number of aryl methyl sites for hydroxylation is 1. The third-order valence-corrected chi connectivity index (χ3v) is 3.43. The average Bonchev–Trinajstić information content (AvgIpc) is 2.88. The second-order valence-electron chi connectivity index (χ2n) is 3.72. The van der Waals surface area contributed by atoms with Crippen LogP contribution in [0.25, 0.3) is 11.4 Å². The Morgan fingerprint density at radius 2 is 2.20 bits per heavy atom. The molecule has 4 heteroatoms. The summed E-state index contributed by atoms with van der Waals surface area (Å²) >= 11 is 1.65. The number of nitrogens with two attached hydrogens (primary N) is 1. The van der Waals surface area contributed by atoms with E-state index in [0.29, 0.717) is 5.82 Å². The van der Waals surface area contributed by atoms with Crippen molar-refractivity contribution >= 4 is 17.2 Å². The molecule has 0 atom stereocenters. The Morgan fingerprint density at radius 3 is 3.00 bits per heavy atom. The molecule has 0 amide bonds. The van der Waals surface area contributed by atoms with Gasteiger partial charge in [0.2, 0.25) is 0 Å². The van der Waals surface area contributed by atoms with Crippen LogP contribution in [0.15, 0.2) is 16.8 Å². The fraction of sp³-hybridized carbons (Fsp3) is 0.273. The van der Waals surface area contributed by atoms with E-state index in [0.717, 1.165) is 41.9 Å². The SMILES string of the molecule is Nc1nc(-c2ccsc2)nc2c1CCC2. The number of hydrogen-bond donors (Lipinski definition) is 1. The molecule has 76 valence electrons. The molecule has 2 N–H and O–H groups in total. The largest absolute Gasteiger partial charge is 0.383 e. The number of hydrogen-bond acceptors (Lipinski definition) is 4. The first kappa shape index (κ1) is 8.85. The molecule has 15 heavy (non-hydrogen) atoms. The van der Waals surface area contributed by atoms with Crippen molar-refractivity contribution in [1.29, 1.82) is 0 Å². The lowest BCUT2D eigenvalue weighted by Crippen LogP contribution is -2.02. The molecule has 0 unspecified atom stereocenters. The van der Waals surface area contributed by atoms with Gasteiger partial charge in [0, 0.05) is 22.2 Å². The Balaban J connectivity index is 2.15. The Morgan fingerprint density at radius 1 is 1.27 bits per heavy atom. The molecule has 3 nitrogen and oxygen atoms in total. The highest BCUT2D eigenvalue weighted by molar-refractivity contribution is 7.08. The molecule has 0 saturated heterocycles. The van der Waals surface area contributed by atoms with E-state index in [9.17, 15) is 0 Å². The van der Waals surface area contributed by atoms with Crippen LogP contribution in [0.5, 0.6) is 0 Å². The number of fused-ring (bicyclic) bond motifs is 1. The van der Waals surface area contributed by atoms with Crippen molar-refractivity contribution in [3.63, 3.8) is 0 Å². The normalized spacial score (nSPS) is 14.1. The first-order valence-electron chi connectivity index (χ1n) is 5.02. The highest BCUT2D eigenvalue weighted by Crippen LogP contribution is 2.27. The molecule has 0 fully saturated rings. The van der Waals surface area contributed by atoms with Gasteiger partial charge in [-0.15, -0.1) is 0 Å². The van der Waals surface area contributed by atoms with Gasteiger partial charge in [-0.3, -0.25) is 0 Å². The zero-order chi connectivity index (χ0) is 10.3. The zero-order valence-corrected chi connectivity index (χ0v) is 9.05. The Kier molecular flexibility index (Phi) is 1.95. The van der Waals surface area contributed by atoms with Crippen molar-refractivity contribution in [3.05, 3.63) is 28.1 Å². The lowest BCUT2D eigenvalue weighted by atomic mass is 10.2. The molecule has 0 radical (unpaired) electrons. The molecule has 3 rings (SSSR count). The van der Waals surface area contributed by atoms with Crippen LogP contribution in [-0.4, -0.2) is 9.97 Å². The van der Waals surface area contributed by atoms with Crippen LogP contribution in [-0.2, 0) is 12.8 Å². The summed E-state index contributed by atoms with van der Waals surface area (Å²) in [6.07, 6.45) is 3.23. The smallest absolute Gasteiger partial charge is 0.162 e. The minimum atomic E-state index is 0.665. The molecule has 0 bridgehead atoms. The van der Waals surface area contributed by atoms with E-state index in [4.69, 9.17) is 5.73 Å². The summed E-state index contributed by atoms with van der Waals surface area (Å²) in [5, 5.41) is 4.08. The lowest BCUT2D eigenvalue weighted by molar-refractivity contribution is 0.900. The quantitative estimate of drug-likeness (QED) is 0.797. The van der Waals surface area contributed by atoms with Crippen LogP contribution in [0.4, 0.5) is 5.82 Å². The molecule has 2 heterocycles. The molecule has 2 aromatic rings. The maximum Gasteiger partial charge on any atom is 0.162 e. The molecule has 0 aromatic carbocycles. The topological polar surface area (TPSA) is 51.8 Å². The number of nitrogens with zero attached hydrogens (tertiary/aromatic N) is 2. The molecule has 1 aliphatic carbocycles. The van der Waals surface area contributed by atoms with Crippen LogP contribution in [0.1, 0.15) is 17.7 Å². The second kappa shape index (κ2) is 3.31. The van der Waals surface area contributed by atoms with E-state index >= 15 is 0 Å². The van der Waals surface area contributed by atoms with E-state index in [1.807, 2.05) is 11.4 Å². The van der Waals surface area contributed by atoms with E-state index in [-0.39, 0.29) is 0 Å². The monoisotopic (exact) mass is 217 g/mol. The lowest BCUT2D eigenvalue weighted by Gasteiger charge is -2.04. The standard InChI is InChI=1S/C11H11N3S/c12-10-8-2-1-3-9(8)13-11(14-10)7-4-5-15-6-7/h4-6H,1-3H2,(H2,12,13,14). The molecular weight excluding hydrogens is 206 g/mol. The number of thiophene rings is 1. The molecule has 1 aliphatic rings.